The Balaban J connectivity index is 1.39. The molecule has 1 heterocycles. The molecule has 5 heteroatoms. The molecule has 2 saturated carbocycles. The monoisotopic (exact) mass is 295 g/mol. The van der Waals surface area contributed by atoms with Crippen LogP contribution in [0.25, 0.3) is 0 Å². The third kappa shape index (κ3) is 3.39. The maximum absolute atomic E-state index is 12.5. The normalized spacial score (nSPS) is 32.6. The summed E-state index contributed by atoms with van der Waals surface area (Å²) in [5, 5.41) is 8.59. The Hall–Kier alpha value is -1.10. The van der Waals surface area contributed by atoms with Gasteiger partial charge in [0.2, 0.25) is 5.91 Å². The number of amides is 1. The maximum atomic E-state index is 12.5. The molecule has 1 amide bonds. The average Bonchev–Trinajstić information content (AvgIpc) is 3.21. The number of nitrogens with zero attached hydrogens (tertiary/aromatic N) is 1. The molecule has 118 valence electrons. The predicted octanol–water partition coefficient (Wildman–Crippen LogP) is 1.90. The van der Waals surface area contributed by atoms with Crippen LogP contribution in [-0.4, -0.2) is 47.7 Å². The number of carboxylic acid groups (broad SMARTS) is 1. The number of hydrogen-bond donors (Lipinski definition) is 1. The lowest BCUT2D eigenvalue weighted by molar-refractivity contribution is -0.139. The fourth-order valence-corrected chi connectivity index (χ4v) is 4.13. The zero-order valence-electron chi connectivity index (χ0n) is 12.5. The highest BCUT2D eigenvalue weighted by Gasteiger charge is 2.55. The van der Waals surface area contributed by atoms with E-state index in [4.69, 9.17) is 9.84 Å². The van der Waals surface area contributed by atoms with Crippen LogP contribution in [0.15, 0.2) is 0 Å². The fourth-order valence-electron chi connectivity index (χ4n) is 4.13. The first-order valence-electron chi connectivity index (χ1n) is 8.29. The molecule has 2 aliphatic carbocycles. The van der Waals surface area contributed by atoms with E-state index in [0.717, 1.165) is 25.9 Å². The molecule has 0 radical (unpaired) electrons. The predicted molar refractivity (Wildman–Crippen MR) is 76.7 cm³/mol. The number of carbonyl (C=O) groups excluding carboxylic acids is 1. The minimum absolute atomic E-state index is 0.0601. The zero-order valence-corrected chi connectivity index (χ0v) is 12.5. The van der Waals surface area contributed by atoms with Crippen molar-refractivity contribution >= 4 is 11.9 Å². The van der Waals surface area contributed by atoms with Crippen molar-refractivity contribution in [1.82, 2.24) is 4.90 Å². The van der Waals surface area contributed by atoms with Crippen LogP contribution in [-0.2, 0) is 14.3 Å². The molecule has 0 spiro atoms. The molecule has 21 heavy (non-hydrogen) atoms. The Morgan fingerprint density at radius 1 is 1.05 bits per heavy atom. The molecule has 2 unspecified atom stereocenters. The lowest BCUT2D eigenvalue weighted by Gasteiger charge is -2.32. The highest BCUT2D eigenvalue weighted by Crippen LogP contribution is 2.56. The van der Waals surface area contributed by atoms with Crippen molar-refractivity contribution in [2.45, 2.75) is 51.0 Å². The van der Waals surface area contributed by atoms with E-state index < -0.39 is 5.97 Å². The van der Waals surface area contributed by atoms with Crippen LogP contribution < -0.4 is 0 Å². The third-order valence-corrected chi connectivity index (χ3v) is 5.36. The molecule has 0 bridgehead atoms. The van der Waals surface area contributed by atoms with Crippen molar-refractivity contribution < 1.29 is 19.4 Å². The molecule has 5 nitrogen and oxygen atoms in total. The second-order valence-electron chi connectivity index (χ2n) is 6.68. The summed E-state index contributed by atoms with van der Waals surface area (Å²) in [5.41, 5.74) is 0. The van der Waals surface area contributed by atoms with E-state index in [1.54, 1.807) is 0 Å². The number of carboxylic acids is 1. The van der Waals surface area contributed by atoms with Crippen molar-refractivity contribution in [3.63, 3.8) is 0 Å². The van der Waals surface area contributed by atoms with Crippen LogP contribution in [0, 0.1) is 17.8 Å². The highest BCUT2D eigenvalue weighted by atomic mass is 16.5. The number of likely N-dealkylation sites (tertiary alicyclic amines) is 1. The number of aliphatic carboxylic acids is 1. The van der Waals surface area contributed by atoms with Gasteiger partial charge in [0.15, 0.2) is 0 Å². The first kappa shape index (κ1) is 14.8. The van der Waals surface area contributed by atoms with Crippen molar-refractivity contribution in [2.24, 2.45) is 17.8 Å². The first-order chi connectivity index (χ1) is 10.2. The number of rotatable bonds is 5. The molecule has 3 rings (SSSR count). The maximum Gasteiger partial charge on any atom is 0.305 e. The van der Waals surface area contributed by atoms with Gasteiger partial charge in [-0.15, -0.1) is 0 Å². The zero-order chi connectivity index (χ0) is 14.8. The Labute approximate surface area is 125 Å². The molecule has 0 aromatic carbocycles. The summed E-state index contributed by atoms with van der Waals surface area (Å²) in [4.78, 5) is 25.0. The van der Waals surface area contributed by atoms with Gasteiger partial charge in [-0.1, -0.05) is 12.8 Å². The molecule has 3 aliphatic rings. The molecular formula is C16H25NO4. The Morgan fingerprint density at radius 2 is 1.67 bits per heavy atom. The number of piperidine rings is 1. The summed E-state index contributed by atoms with van der Waals surface area (Å²) in [6.07, 6.45) is 6.95. The number of fused-ring (bicyclic) bond motifs is 1. The van der Waals surface area contributed by atoms with Crippen molar-refractivity contribution in [3.8, 4) is 0 Å². The van der Waals surface area contributed by atoms with E-state index in [1.807, 2.05) is 4.90 Å². The second kappa shape index (κ2) is 6.34. The molecule has 1 saturated heterocycles. The molecule has 3 fully saturated rings. The minimum atomic E-state index is -0.820. The summed E-state index contributed by atoms with van der Waals surface area (Å²) in [6.45, 7) is 1.82. The number of carbonyl (C=O) groups is 2. The van der Waals surface area contributed by atoms with Gasteiger partial charge in [0.25, 0.3) is 0 Å². The van der Waals surface area contributed by atoms with Gasteiger partial charge in [0.05, 0.1) is 19.1 Å². The molecular weight excluding hydrogens is 270 g/mol. The Kier molecular flexibility index (Phi) is 4.48. The van der Waals surface area contributed by atoms with Gasteiger partial charge < -0.3 is 14.7 Å². The van der Waals surface area contributed by atoms with Crippen LogP contribution in [0.2, 0.25) is 0 Å². The molecule has 0 aromatic rings. The van der Waals surface area contributed by atoms with Gasteiger partial charge in [0.1, 0.15) is 0 Å². The third-order valence-electron chi connectivity index (χ3n) is 5.36. The van der Waals surface area contributed by atoms with E-state index in [0.29, 0.717) is 23.7 Å². The fraction of sp³-hybridized carbons (Fsp3) is 0.875. The van der Waals surface area contributed by atoms with E-state index in [9.17, 15) is 9.59 Å². The van der Waals surface area contributed by atoms with Gasteiger partial charge in [-0.05, 0) is 37.5 Å². The molecule has 2 atom stereocenters. The van der Waals surface area contributed by atoms with E-state index >= 15 is 0 Å². The summed E-state index contributed by atoms with van der Waals surface area (Å²) in [7, 11) is 0. The van der Waals surface area contributed by atoms with Crippen LogP contribution in [0.1, 0.15) is 44.9 Å². The minimum Gasteiger partial charge on any atom is -0.481 e. The SMILES string of the molecule is O=C(O)CCOC1CCN(C(=O)C2C3CCCCC32)CC1. The summed E-state index contributed by atoms with van der Waals surface area (Å²) >= 11 is 0. The van der Waals surface area contributed by atoms with Crippen LogP contribution in [0.4, 0.5) is 0 Å². The topological polar surface area (TPSA) is 66.8 Å². The van der Waals surface area contributed by atoms with E-state index in [2.05, 4.69) is 0 Å². The smallest absolute Gasteiger partial charge is 0.305 e. The van der Waals surface area contributed by atoms with Crippen molar-refractivity contribution in [1.29, 1.82) is 0 Å². The van der Waals surface area contributed by atoms with E-state index in [1.165, 1.54) is 25.7 Å². The van der Waals surface area contributed by atoms with Gasteiger partial charge in [0, 0.05) is 19.0 Å². The van der Waals surface area contributed by atoms with Crippen molar-refractivity contribution in [3.05, 3.63) is 0 Å². The second-order valence-corrected chi connectivity index (χ2v) is 6.68. The lowest BCUT2D eigenvalue weighted by atomic mass is 10.0. The summed E-state index contributed by atoms with van der Waals surface area (Å²) < 4.78 is 5.57. The highest BCUT2D eigenvalue weighted by molar-refractivity contribution is 5.82. The van der Waals surface area contributed by atoms with Gasteiger partial charge in [-0.25, -0.2) is 0 Å². The van der Waals surface area contributed by atoms with Gasteiger partial charge in [-0.2, -0.15) is 0 Å². The van der Waals surface area contributed by atoms with Crippen molar-refractivity contribution in [2.75, 3.05) is 19.7 Å². The number of hydrogen-bond acceptors (Lipinski definition) is 3. The molecule has 1 aliphatic heterocycles. The van der Waals surface area contributed by atoms with Gasteiger partial charge >= 0.3 is 5.97 Å². The molecule has 1 N–H and O–H groups in total. The molecule has 0 aromatic heterocycles. The van der Waals surface area contributed by atoms with Crippen LogP contribution >= 0.6 is 0 Å². The quantitative estimate of drug-likeness (QED) is 0.841. The Morgan fingerprint density at radius 3 is 2.24 bits per heavy atom. The largest absolute Gasteiger partial charge is 0.481 e. The lowest BCUT2D eigenvalue weighted by Crippen LogP contribution is -2.42. The summed E-state index contributed by atoms with van der Waals surface area (Å²) in [6, 6.07) is 0. The summed E-state index contributed by atoms with van der Waals surface area (Å²) in [5.74, 6) is 1.22. The van der Waals surface area contributed by atoms with Crippen LogP contribution in [0.3, 0.4) is 0 Å². The first-order valence-corrected chi connectivity index (χ1v) is 8.29. The number of ether oxygens (including phenoxy) is 1. The Bertz CT molecular complexity index is 391. The standard InChI is InChI=1S/C16H25NO4/c18-14(19)7-10-21-11-5-8-17(9-6-11)16(20)15-12-3-1-2-4-13(12)15/h11-13,15H,1-10H2,(H,18,19). The van der Waals surface area contributed by atoms with Gasteiger partial charge in [-0.3, -0.25) is 9.59 Å². The van der Waals surface area contributed by atoms with Crippen LogP contribution in [0.5, 0.6) is 0 Å². The van der Waals surface area contributed by atoms with E-state index in [-0.39, 0.29) is 19.1 Å². The average molecular weight is 295 g/mol.